The number of ether oxygens (including phenoxy) is 1. The smallest absolute Gasteiger partial charge is 0.332 e. The molecule has 0 radical (unpaired) electrons. The Balaban J connectivity index is 1.54. The molecule has 1 aliphatic heterocycles. The predicted molar refractivity (Wildman–Crippen MR) is 127 cm³/mol. The Morgan fingerprint density at radius 3 is 2.52 bits per heavy atom. The van der Waals surface area contributed by atoms with Gasteiger partial charge in [0.25, 0.3) is 5.56 Å². The van der Waals surface area contributed by atoms with Gasteiger partial charge in [0.15, 0.2) is 5.65 Å². The minimum Gasteiger partial charge on any atom is -0.493 e. The summed E-state index contributed by atoms with van der Waals surface area (Å²) in [6.07, 6.45) is 4.40. The lowest BCUT2D eigenvalue weighted by Crippen LogP contribution is -2.46. The maximum absolute atomic E-state index is 13.3. The summed E-state index contributed by atoms with van der Waals surface area (Å²) >= 11 is 0. The lowest BCUT2D eigenvalue weighted by Gasteiger charge is -2.32. The molecule has 8 heteroatoms. The van der Waals surface area contributed by atoms with Crippen LogP contribution in [0.15, 0.2) is 46.1 Å². The summed E-state index contributed by atoms with van der Waals surface area (Å²) in [6.45, 7) is 4.98. The molecule has 0 N–H and O–H groups in total. The maximum atomic E-state index is 13.3. The van der Waals surface area contributed by atoms with Crippen LogP contribution in [-0.4, -0.2) is 44.6 Å². The highest BCUT2D eigenvalue weighted by Crippen LogP contribution is 2.25. The van der Waals surface area contributed by atoms with Crippen LogP contribution in [0.5, 0.6) is 5.75 Å². The largest absolute Gasteiger partial charge is 0.493 e. The van der Waals surface area contributed by atoms with Gasteiger partial charge in [-0.25, -0.2) is 14.3 Å². The van der Waals surface area contributed by atoms with Crippen molar-refractivity contribution >= 4 is 16.9 Å². The van der Waals surface area contributed by atoms with Crippen molar-refractivity contribution in [2.24, 2.45) is 13.0 Å². The highest BCUT2D eigenvalue weighted by molar-refractivity contribution is 5.83. The SMILES string of the molecule is CCOc1c(C)cnc2c1c(=O)n(CC(=O)N1CCC(Cc3ccccc3)CC1)c(=O)n2C. The Hall–Kier alpha value is -3.42. The molecule has 1 aromatic carbocycles. The quantitative estimate of drug-likeness (QED) is 0.575. The van der Waals surface area contributed by atoms with E-state index in [1.54, 1.807) is 25.1 Å². The number of likely N-dealkylation sites (tertiary alicyclic amines) is 1. The summed E-state index contributed by atoms with van der Waals surface area (Å²) in [5.41, 5.74) is 1.17. The van der Waals surface area contributed by atoms with Crippen LogP contribution in [0.3, 0.4) is 0 Å². The molecule has 1 aliphatic rings. The lowest BCUT2D eigenvalue weighted by atomic mass is 9.90. The second-order valence-corrected chi connectivity index (χ2v) is 8.65. The topological polar surface area (TPSA) is 86.4 Å². The molecule has 8 nitrogen and oxygen atoms in total. The van der Waals surface area contributed by atoms with Crippen LogP contribution < -0.4 is 16.0 Å². The molecule has 3 heterocycles. The second kappa shape index (κ2) is 9.60. The average molecular weight is 451 g/mol. The third kappa shape index (κ3) is 4.55. The van der Waals surface area contributed by atoms with E-state index in [9.17, 15) is 14.4 Å². The fraction of sp³-hybridized carbons (Fsp3) is 0.440. The summed E-state index contributed by atoms with van der Waals surface area (Å²) in [5.74, 6) is 0.715. The van der Waals surface area contributed by atoms with Gasteiger partial charge in [-0.15, -0.1) is 0 Å². The first-order chi connectivity index (χ1) is 15.9. The number of carbonyl (C=O) groups is 1. The standard InChI is InChI=1S/C25H30N4O4/c1-4-33-22-17(2)15-26-23-21(22)24(31)29(25(32)27(23)3)16-20(30)28-12-10-19(11-13-28)14-18-8-6-5-7-9-18/h5-9,15,19H,4,10-14,16H2,1-3H3. The molecule has 33 heavy (non-hydrogen) atoms. The molecule has 0 aliphatic carbocycles. The van der Waals surface area contributed by atoms with E-state index in [1.165, 1.54) is 10.1 Å². The van der Waals surface area contributed by atoms with Gasteiger partial charge in [0.2, 0.25) is 5.91 Å². The summed E-state index contributed by atoms with van der Waals surface area (Å²) in [4.78, 5) is 45.3. The zero-order valence-corrected chi connectivity index (χ0v) is 19.4. The Kier molecular flexibility index (Phi) is 6.62. The van der Waals surface area contributed by atoms with Crippen molar-refractivity contribution in [3.63, 3.8) is 0 Å². The molecule has 0 unspecified atom stereocenters. The van der Waals surface area contributed by atoms with E-state index in [0.29, 0.717) is 36.9 Å². The molecule has 174 valence electrons. The molecule has 0 spiro atoms. The number of fused-ring (bicyclic) bond motifs is 1. The maximum Gasteiger partial charge on any atom is 0.332 e. The molecular weight excluding hydrogens is 420 g/mol. The van der Waals surface area contributed by atoms with E-state index in [2.05, 4.69) is 17.1 Å². The fourth-order valence-electron chi connectivity index (χ4n) is 4.56. The molecular formula is C25H30N4O4. The summed E-state index contributed by atoms with van der Waals surface area (Å²) < 4.78 is 8.01. The van der Waals surface area contributed by atoms with Crippen LogP contribution in [0.25, 0.3) is 11.0 Å². The molecule has 2 aromatic heterocycles. The summed E-state index contributed by atoms with van der Waals surface area (Å²) in [5, 5.41) is 0.230. The molecule has 3 aromatic rings. The molecule has 1 fully saturated rings. The minimum atomic E-state index is -0.557. The zero-order valence-electron chi connectivity index (χ0n) is 19.4. The first-order valence-corrected chi connectivity index (χ1v) is 11.4. The van der Waals surface area contributed by atoms with Crippen molar-refractivity contribution in [2.75, 3.05) is 19.7 Å². The number of nitrogens with zero attached hydrogens (tertiary/aromatic N) is 4. The lowest BCUT2D eigenvalue weighted by molar-refractivity contribution is -0.133. The first-order valence-electron chi connectivity index (χ1n) is 11.4. The van der Waals surface area contributed by atoms with Crippen molar-refractivity contribution in [1.29, 1.82) is 0 Å². The van der Waals surface area contributed by atoms with Crippen LogP contribution in [-0.2, 0) is 24.8 Å². The minimum absolute atomic E-state index is 0.217. The van der Waals surface area contributed by atoms with E-state index in [-0.39, 0.29) is 23.5 Å². The van der Waals surface area contributed by atoms with Crippen LogP contribution in [0.2, 0.25) is 0 Å². The number of carbonyl (C=O) groups excluding carboxylic acids is 1. The van der Waals surface area contributed by atoms with Crippen molar-refractivity contribution in [2.45, 2.75) is 39.7 Å². The fourth-order valence-corrected chi connectivity index (χ4v) is 4.56. The molecule has 1 amide bonds. The summed E-state index contributed by atoms with van der Waals surface area (Å²) in [6, 6.07) is 10.4. The van der Waals surface area contributed by atoms with Gasteiger partial charge in [-0.3, -0.25) is 14.2 Å². The van der Waals surface area contributed by atoms with E-state index in [1.807, 2.05) is 25.1 Å². The van der Waals surface area contributed by atoms with Gasteiger partial charge in [0.1, 0.15) is 17.7 Å². The van der Waals surface area contributed by atoms with Crippen LogP contribution in [0, 0.1) is 12.8 Å². The number of benzene rings is 1. The zero-order chi connectivity index (χ0) is 23.5. The molecule has 4 rings (SSSR count). The molecule has 1 saturated heterocycles. The number of pyridine rings is 1. The van der Waals surface area contributed by atoms with E-state index >= 15 is 0 Å². The van der Waals surface area contributed by atoms with Gasteiger partial charge in [-0.1, -0.05) is 30.3 Å². The molecule has 0 saturated carbocycles. The van der Waals surface area contributed by atoms with Crippen molar-refractivity contribution in [1.82, 2.24) is 19.0 Å². The van der Waals surface area contributed by atoms with Gasteiger partial charge in [-0.05, 0) is 44.6 Å². The van der Waals surface area contributed by atoms with Gasteiger partial charge in [-0.2, -0.15) is 0 Å². The van der Waals surface area contributed by atoms with Gasteiger partial charge in [0, 0.05) is 31.9 Å². The Labute approximate surface area is 192 Å². The third-order valence-electron chi connectivity index (χ3n) is 6.40. The van der Waals surface area contributed by atoms with E-state index < -0.39 is 11.2 Å². The van der Waals surface area contributed by atoms with Gasteiger partial charge in [0.05, 0.1) is 6.61 Å². The third-order valence-corrected chi connectivity index (χ3v) is 6.40. The van der Waals surface area contributed by atoms with E-state index in [0.717, 1.165) is 23.8 Å². The van der Waals surface area contributed by atoms with Crippen LogP contribution in [0.1, 0.15) is 30.9 Å². The highest BCUT2D eigenvalue weighted by atomic mass is 16.5. The second-order valence-electron chi connectivity index (χ2n) is 8.65. The number of hydrogen-bond acceptors (Lipinski definition) is 5. The number of rotatable bonds is 6. The Morgan fingerprint density at radius 2 is 1.85 bits per heavy atom. The molecule has 0 atom stereocenters. The number of piperidine rings is 1. The van der Waals surface area contributed by atoms with Crippen LogP contribution >= 0.6 is 0 Å². The van der Waals surface area contributed by atoms with Crippen molar-refractivity contribution < 1.29 is 9.53 Å². The van der Waals surface area contributed by atoms with Crippen molar-refractivity contribution in [3.05, 3.63) is 68.5 Å². The van der Waals surface area contributed by atoms with Crippen LogP contribution in [0.4, 0.5) is 0 Å². The number of aryl methyl sites for hydroxylation is 2. The van der Waals surface area contributed by atoms with Gasteiger partial charge < -0.3 is 9.64 Å². The molecule has 0 bridgehead atoms. The van der Waals surface area contributed by atoms with Gasteiger partial charge >= 0.3 is 5.69 Å². The Bertz CT molecular complexity index is 1270. The number of hydrogen-bond donors (Lipinski definition) is 0. The normalized spacial score (nSPS) is 14.6. The summed E-state index contributed by atoms with van der Waals surface area (Å²) in [7, 11) is 1.55. The number of amides is 1. The first kappa shape index (κ1) is 22.8. The Morgan fingerprint density at radius 1 is 1.15 bits per heavy atom. The average Bonchev–Trinajstić information content (AvgIpc) is 2.82. The number of aromatic nitrogens is 3. The predicted octanol–water partition coefficient (Wildman–Crippen LogP) is 2.28. The monoisotopic (exact) mass is 450 g/mol. The highest BCUT2D eigenvalue weighted by Gasteiger charge is 2.25. The van der Waals surface area contributed by atoms with Crippen molar-refractivity contribution in [3.8, 4) is 5.75 Å². The van der Waals surface area contributed by atoms with E-state index in [4.69, 9.17) is 4.74 Å².